The van der Waals surface area contributed by atoms with E-state index in [1.165, 1.54) is 0 Å². The van der Waals surface area contributed by atoms with Crippen molar-refractivity contribution in [3.05, 3.63) is 29.8 Å². The molecular formula is C20H27NO4. The number of aliphatic hydroxyl groups is 1. The number of benzene rings is 1. The third kappa shape index (κ3) is 2.48. The van der Waals surface area contributed by atoms with Gasteiger partial charge in [-0.15, -0.1) is 0 Å². The van der Waals surface area contributed by atoms with E-state index in [0.717, 1.165) is 43.4 Å². The Morgan fingerprint density at radius 2 is 1.76 bits per heavy atom. The number of aliphatic hydroxyl groups excluding tert-OH is 1. The summed E-state index contributed by atoms with van der Waals surface area (Å²) in [4.78, 5) is 15.2. The van der Waals surface area contributed by atoms with Gasteiger partial charge in [-0.3, -0.25) is 4.79 Å². The highest BCUT2D eigenvalue weighted by atomic mass is 16.5. The molecule has 0 bridgehead atoms. The van der Waals surface area contributed by atoms with Crippen molar-refractivity contribution in [1.29, 1.82) is 0 Å². The Bertz CT molecular complexity index is 644. The molecule has 0 radical (unpaired) electrons. The van der Waals surface area contributed by atoms with Gasteiger partial charge in [0.05, 0.1) is 24.7 Å². The molecule has 1 aromatic rings. The second kappa shape index (κ2) is 5.99. The number of carbonyl (C=O) groups excluding carboxylic acids is 1. The molecule has 2 atom stereocenters. The van der Waals surface area contributed by atoms with Gasteiger partial charge >= 0.3 is 0 Å². The first-order valence-corrected chi connectivity index (χ1v) is 9.20. The Labute approximate surface area is 148 Å². The van der Waals surface area contributed by atoms with Gasteiger partial charge in [-0.25, -0.2) is 0 Å². The lowest BCUT2D eigenvalue weighted by atomic mass is 9.58. The summed E-state index contributed by atoms with van der Waals surface area (Å²) in [5.41, 5.74) is 0.620. The zero-order valence-corrected chi connectivity index (χ0v) is 15.0. The van der Waals surface area contributed by atoms with Crippen LogP contribution in [0.1, 0.15) is 37.7 Å². The van der Waals surface area contributed by atoms with Gasteiger partial charge in [-0.05, 0) is 43.4 Å². The number of likely N-dealkylation sites (tertiary alicyclic amines) is 1. The van der Waals surface area contributed by atoms with Crippen molar-refractivity contribution >= 4 is 5.91 Å². The minimum atomic E-state index is -0.338. The predicted octanol–water partition coefficient (Wildman–Crippen LogP) is 2.12. The van der Waals surface area contributed by atoms with Gasteiger partial charge < -0.3 is 19.5 Å². The van der Waals surface area contributed by atoms with Crippen LogP contribution in [0.2, 0.25) is 0 Å². The first-order chi connectivity index (χ1) is 12.1. The second-order valence-electron chi connectivity index (χ2n) is 7.81. The fourth-order valence-corrected chi connectivity index (χ4v) is 4.80. The number of ether oxygens (including phenoxy) is 2. The van der Waals surface area contributed by atoms with Crippen molar-refractivity contribution in [1.82, 2.24) is 4.90 Å². The van der Waals surface area contributed by atoms with Crippen molar-refractivity contribution in [3.8, 4) is 5.75 Å². The highest BCUT2D eigenvalue weighted by molar-refractivity contribution is 5.91. The number of amides is 1. The van der Waals surface area contributed by atoms with Gasteiger partial charge in [-0.1, -0.05) is 12.1 Å². The first kappa shape index (κ1) is 16.9. The lowest BCUT2D eigenvalue weighted by Gasteiger charge is -2.56. The monoisotopic (exact) mass is 345 g/mol. The van der Waals surface area contributed by atoms with Crippen molar-refractivity contribution in [2.75, 3.05) is 27.3 Å². The molecule has 1 aromatic carbocycles. The zero-order chi connectivity index (χ0) is 17.7. The number of carbonyl (C=O) groups is 1. The molecule has 1 saturated heterocycles. The molecule has 1 N–H and O–H groups in total. The smallest absolute Gasteiger partial charge is 0.233 e. The molecule has 0 unspecified atom stereocenters. The summed E-state index contributed by atoms with van der Waals surface area (Å²) in [6.07, 6.45) is 4.07. The maximum absolute atomic E-state index is 13.2. The van der Waals surface area contributed by atoms with Crippen LogP contribution in [-0.4, -0.2) is 55.4 Å². The summed E-state index contributed by atoms with van der Waals surface area (Å²) < 4.78 is 10.8. The van der Waals surface area contributed by atoms with Crippen LogP contribution in [0.15, 0.2) is 24.3 Å². The molecular weight excluding hydrogens is 318 g/mol. The minimum absolute atomic E-state index is 0.135. The Hall–Kier alpha value is -1.59. The van der Waals surface area contributed by atoms with Gasteiger partial charge in [0.15, 0.2) is 0 Å². The molecule has 4 rings (SSSR count). The summed E-state index contributed by atoms with van der Waals surface area (Å²) in [5, 5.41) is 10.3. The summed E-state index contributed by atoms with van der Waals surface area (Å²) >= 11 is 0. The molecule has 0 aromatic heterocycles. The largest absolute Gasteiger partial charge is 0.497 e. The van der Waals surface area contributed by atoms with E-state index < -0.39 is 0 Å². The average Bonchev–Trinajstić information content (AvgIpc) is 3.47. The molecule has 25 heavy (non-hydrogen) atoms. The minimum Gasteiger partial charge on any atom is -0.497 e. The summed E-state index contributed by atoms with van der Waals surface area (Å²) in [5.74, 6) is 1.06. The van der Waals surface area contributed by atoms with Gasteiger partial charge in [0.25, 0.3) is 0 Å². The Balaban J connectivity index is 1.45. The third-order valence-electron chi connectivity index (χ3n) is 6.81. The molecule has 2 saturated carbocycles. The van der Waals surface area contributed by atoms with Crippen molar-refractivity contribution in [3.63, 3.8) is 0 Å². The van der Waals surface area contributed by atoms with Gasteiger partial charge in [0, 0.05) is 32.0 Å². The zero-order valence-electron chi connectivity index (χ0n) is 15.0. The van der Waals surface area contributed by atoms with Crippen LogP contribution in [0.5, 0.6) is 5.75 Å². The normalized spacial score (nSPS) is 29.2. The van der Waals surface area contributed by atoms with E-state index >= 15 is 0 Å². The number of hydrogen-bond acceptors (Lipinski definition) is 4. The summed E-state index contributed by atoms with van der Waals surface area (Å²) in [6.45, 7) is 1.43. The number of nitrogens with zero attached hydrogens (tertiary/aromatic N) is 1. The Morgan fingerprint density at radius 1 is 1.12 bits per heavy atom. The molecule has 2 aliphatic carbocycles. The molecule has 1 spiro atoms. The van der Waals surface area contributed by atoms with E-state index in [9.17, 15) is 9.90 Å². The van der Waals surface area contributed by atoms with E-state index in [1.807, 2.05) is 29.2 Å². The highest BCUT2D eigenvalue weighted by Crippen LogP contribution is 2.53. The number of methoxy groups -OCH3 is 2. The quantitative estimate of drug-likeness (QED) is 0.908. The van der Waals surface area contributed by atoms with Crippen LogP contribution in [-0.2, 0) is 14.9 Å². The number of rotatable bonds is 4. The molecule has 3 fully saturated rings. The topological polar surface area (TPSA) is 59.0 Å². The van der Waals surface area contributed by atoms with Crippen LogP contribution in [0.3, 0.4) is 0 Å². The van der Waals surface area contributed by atoms with Gasteiger partial charge in [0.2, 0.25) is 5.91 Å². The average molecular weight is 345 g/mol. The van der Waals surface area contributed by atoms with Crippen LogP contribution >= 0.6 is 0 Å². The number of piperidine rings is 1. The fraction of sp³-hybridized carbons (Fsp3) is 0.650. The van der Waals surface area contributed by atoms with E-state index in [0.29, 0.717) is 13.1 Å². The summed E-state index contributed by atoms with van der Waals surface area (Å²) in [6, 6.07) is 7.90. The molecule has 1 heterocycles. The summed E-state index contributed by atoms with van der Waals surface area (Å²) in [7, 11) is 3.37. The maximum Gasteiger partial charge on any atom is 0.233 e. The van der Waals surface area contributed by atoms with Crippen LogP contribution in [0.25, 0.3) is 0 Å². The van der Waals surface area contributed by atoms with E-state index in [2.05, 4.69) is 0 Å². The molecule has 136 valence electrons. The second-order valence-corrected chi connectivity index (χ2v) is 7.81. The molecule has 1 aliphatic heterocycles. The van der Waals surface area contributed by atoms with Gasteiger partial charge in [-0.2, -0.15) is 0 Å². The van der Waals surface area contributed by atoms with E-state index in [-0.39, 0.29) is 28.9 Å². The Kier molecular flexibility index (Phi) is 4.04. The molecule has 1 amide bonds. The van der Waals surface area contributed by atoms with Crippen LogP contribution < -0.4 is 4.74 Å². The standard InChI is InChI=1S/C20H27NO4/c1-24-15-5-3-14(4-6-15)19(7-8-19)18(23)21-11-9-20(10-12-21)16(22)13-17(20)25-2/h3-6,16-17,22H,7-13H2,1-2H3/t16-,17+/m0/s1. The van der Waals surface area contributed by atoms with E-state index in [1.54, 1.807) is 14.2 Å². The highest BCUT2D eigenvalue weighted by Gasteiger charge is 2.58. The van der Waals surface area contributed by atoms with Crippen molar-refractivity contribution in [2.24, 2.45) is 5.41 Å². The Morgan fingerprint density at radius 3 is 2.24 bits per heavy atom. The lowest BCUT2D eigenvalue weighted by Crippen LogP contribution is -2.63. The van der Waals surface area contributed by atoms with Gasteiger partial charge in [0.1, 0.15) is 5.75 Å². The number of hydrogen-bond donors (Lipinski definition) is 1. The molecule has 5 nitrogen and oxygen atoms in total. The molecule has 5 heteroatoms. The van der Waals surface area contributed by atoms with Crippen LogP contribution in [0.4, 0.5) is 0 Å². The predicted molar refractivity (Wildman–Crippen MR) is 93.6 cm³/mol. The SMILES string of the molecule is COc1ccc(C2(C(=O)N3CCC4(CC3)[C@@H](O)C[C@H]4OC)CC2)cc1. The van der Waals surface area contributed by atoms with E-state index in [4.69, 9.17) is 9.47 Å². The van der Waals surface area contributed by atoms with Crippen molar-refractivity contribution < 1.29 is 19.4 Å². The lowest BCUT2D eigenvalue weighted by molar-refractivity contribution is -0.202. The first-order valence-electron chi connectivity index (χ1n) is 9.20. The fourth-order valence-electron chi connectivity index (χ4n) is 4.80. The van der Waals surface area contributed by atoms with Crippen molar-refractivity contribution in [2.45, 2.75) is 49.7 Å². The third-order valence-corrected chi connectivity index (χ3v) is 6.81. The maximum atomic E-state index is 13.2. The molecule has 3 aliphatic rings. The van der Waals surface area contributed by atoms with Crippen LogP contribution in [0, 0.1) is 5.41 Å².